The van der Waals surface area contributed by atoms with Crippen molar-refractivity contribution in [2.24, 2.45) is 0 Å². The van der Waals surface area contributed by atoms with Crippen molar-refractivity contribution in [2.75, 3.05) is 18.1 Å². The lowest BCUT2D eigenvalue weighted by Gasteiger charge is -2.15. The Morgan fingerprint density at radius 2 is 1.59 bits per heavy atom. The number of hydrogen-bond acceptors (Lipinski definition) is 5. The summed E-state index contributed by atoms with van der Waals surface area (Å²) in [7, 11) is 0. The molecule has 0 atom stereocenters. The van der Waals surface area contributed by atoms with E-state index in [1.54, 1.807) is 37.3 Å². The Morgan fingerprint density at radius 3 is 2.22 bits per heavy atom. The molecule has 0 aromatic heterocycles. The highest BCUT2D eigenvalue weighted by molar-refractivity contribution is 6.38. The molecule has 0 spiro atoms. The summed E-state index contributed by atoms with van der Waals surface area (Å²) in [5.74, 6) is -0.793. The number of benzene rings is 3. The van der Waals surface area contributed by atoms with Crippen LogP contribution < -0.4 is 9.64 Å². The Kier molecular flexibility index (Phi) is 5.77. The van der Waals surface area contributed by atoms with Gasteiger partial charge in [-0.25, -0.2) is 4.90 Å². The summed E-state index contributed by atoms with van der Waals surface area (Å²) in [6.07, 6.45) is 1.73. The second-order valence-electron chi connectivity index (χ2n) is 7.27. The molecule has 0 unspecified atom stereocenters. The van der Waals surface area contributed by atoms with Crippen molar-refractivity contribution in [2.45, 2.75) is 20.3 Å². The lowest BCUT2D eigenvalue weighted by Crippen LogP contribution is -2.29. The van der Waals surface area contributed by atoms with Crippen molar-refractivity contribution < 1.29 is 23.9 Å². The van der Waals surface area contributed by atoms with Gasteiger partial charge in [-0.05, 0) is 42.5 Å². The van der Waals surface area contributed by atoms with Gasteiger partial charge in [0.1, 0.15) is 5.75 Å². The molecule has 162 valence electrons. The zero-order chi connectivity index (χ0) is 22.8. The lowest BCUT2D eigenvalue weighted by atomic mass is 9.94. The number of hydrogen-bond donors (Lipinski definition) is 0. The fourth-order valence-corrected chi connectivity index (χ4v) is 4.06. The first-order chi connectivity index (χ1) is 15.5. The fraction of sp³-hybridized carbons (Fsp3) is 0.192. The average Bonchev–Trinajstić information content (AvgIpc) is 3.05. The summed E-state index contributed by atoms with van der Waals surface area (Å²) in [5.41, 5.74) is 2.31. The van der Waals surface area contributed by atoms with Crippen LogP contribution in [0.4, 0.5) is 5.69 Å². The molecule has 1 aliphatic heterocycles. The predicted octanol–water partition coefficient (Wildman–Crippen LogP) is 4.79. The third kappa shape index (κ3) is 3.43. The molecule has 0 saturated carbocycles. The van der Waals surface area contributed by atoms with Crippen LogP contribution in [0.3, 0.4) is 0 Å². The van der Waals surface area contributed by atoms with Crippen molar-refractivity contribution in [3.05, 3.63) is 77.4 Å². The number of carbonyl (C=O) groups is 3. The number of fused-ring (bicyclic) bond motifs is 2. The molecule has 0 fully saturated rings. The van der Waals surface area contributed by atoms with Crippen LogP contribution in [0.15, 0.2) is 55.1 Å². The monoisotopic (exact) mass is 429 g/mol. The zero-order valence-electron chi connectivity index (χ0n) is 18.0. The standard InChI is InChI=1S/C26H23NO5/c1-4-18-19-9-7-8-10-20(19)24(32-6-3)23-22(18)25(29)27(26(23)30)17-13-11-16(12-14-17)15-21(28)31-5-2/h4,7-14H,1,5-6,15H2,2-3H3. The van der Waals surface area contributed by atoms with Gasteiger partial charge in [-0.1, -0.05) is 49.1 Å². The van der Waals surface area contributed by atoms with Crippen LogP contribution in [0.25, 0.3) is 16.8 Å². The Hall–Kier alpha value is -3.93. The fourth-order valence-electron chi connectivity index (χ4n) is 4.06. The number of anilines is 1. The highest BCUT2D eigenvalue weighted by Crippen LogP contribution is 2.42. The molecule has 2 amide bonds. The highest BCUT2D eigenvalue weighted by Gasteiger charge is 2.42. The van der Waals surface area contributed by atoms with E-state index in [2.05, 4.69) is 6.58 Å². The van der Waals surface area contributed by atoms with E-state index in [-0.39, 0.29) is 18.0 Å². The van der Waals surface area contributed by atoms with Gasteiger partial charge < -0.3 is 9.47 Å². The van der Waals surface area contributed by atoms with Crippen molar-refractivity contribution in [1.29, 1.82) is 0 Å². The van der Waals surface area contributed by atoms with Gasteiger partial charge in [-0.2, -0.15) is 0 Å². The summed E-state index contributed by atoms with van der Waals surface area (Å²) in [5, 5.41) is 1.56. The van der Waals surface area contributed by atoms with Gasteiger partial charge in [0.25, 0.3) is 11.8 Å². The van der Waals surface area contributed by atoms with E-state index in [9.17, 15) is 14.4 Å². The molecule has 1 heterocycles. The maximum absolute atomic E-state index is 13.5. The number of imide groups is 1. The summed E-state index contributed by atoms with van der Waals surface area (Å²) in [6.45, 7) is 8.14. The quantitative estimate of drug-likeness (QED) is 0.399. The minimum absolute atomic E-state index is 0.122. The smallest absolute Gasteiger partial charge is 0.310 e. The first kappa shape index (κ1) is 21.3. The Balaban J connectivity index is 1.80. The second kappa shape index (κ2) is 8.67. The average molecular weight is 429 g/mol. The largest absolute Gasteiger partial charge is 0.492 e. The summed E-state index contributed by atoms with van der Waals surface area (Å²) < 4.78 is 10.8. The van der Waals surface area contributed by atoms with Crippen LogP contribution >= 0.6 is 0 Å². The number of nitrogens with zero attached hydrogens (tertiary/aromatic N) is 1. The summed E-state index contributed by atoms with van der Waals surface area (Å²) in [6, 6.07) is 14.2. The zero-order valence-corrected chi connectivity index (χ0v) is 18.0. The molecule has 4 rings (SSSR count). The Bertz CT molecular complexity index is 1240. The SMILES string of the molecule is C=Cc1c2c(c(OCC)c3ccccc13)C(=O)N(c1ccc(CC(=O)OCC)cc1)C2=O. The maximum atomic E-state index is 13.5. The number of esters is 1. The molecule has 0 bridgehead atoms. The van der Waals surface area contributed by atoms with E-state index in [0.717, 1.165) is 21.2 Å². The number of amides is 2. The minimum atomic E-state index is -0.444. The first-order valence-corrected chi connectivity index (χ1v) is 10.5. The number of carbonyl (C=O) groups excluding carboxylic acids is 3. The van der Waals surface area contributed by atoms with E-state index in [0.29, 0.717) is 35.8 Å². The molecule has 0 saturated heterocycles. The molecule has 3 aromatic carbocycles. The van der Waals surface area contributed by atoms with Crippen LogP contribution in [-0.2, 0) is 16.0 Å². The van der Waals surface area contributed by atoms with Crippen molar-refractivity contribution in [3.63, 3.8) is 0 Å². The molecule has 3 aromatic rings. The normalized spacial score (nSPS) is 12.8. The van der Waals surface area contributed by atoms with Gasteiger partial charge in [-0.15, -0.1) is 0 Å². The Labute approximate surface area is 186 Å². The topological polar surface area (TPSA) is 72.9 Å². The van der Waals surface area contributed by atoms with Crippen molar-refractivity contribution >= 4 is 40.3 Å². The second-order valence-corrected chi connectivity index (χ2v) is 7.27. The van der Waals surface area contributed by atoms with Crippen LogP contribution in [0.1, 0.15) is 45.7 Å². The first-order valence-electron chi connectivity index (χ1n) is 10.5. The van der Waals surface area contributed by atoms with Crippen molar-refractivity contribution in [3.8, 4) is 5.75 Å². The van der Waals surface area contributed by atoms with Crippen LogP contribution in [0.2, 0.25) is 0 Å². The third-order valence-electron chi connectivity index (χ3n) is 5.38. The number of rotatable bonds is 7. The molecular formula is C26H23NO5. The van der Waals surface area contributed by atoms with Gasteiger partial charge in [0.2, 0.25) is 0 Å². The molecule has 6 heteroatoms. The van der Waals surface area contributed by atoms with E-state index in [4.69, 9.17) is 9.47 Å². The lowest BCUT2D eigenvalue weighted by molar-refractivity contribution is -0.142. The molecule has 0 radical (unpaired) electrons. The Morgan fingerprint density at radius 1 is 0.938 bits per heavy atom. The number of ether oxygens (including phenoxy) is 2. The predicted molar refractivity (Wildman–Crippen MR) is 123 cm³/mol. The van der Waals surface area contributed by atoms with Gasteiger partial charge in [0.05, 0.1) is 36.4 Å². The van der Waals surface area contributed by atoms with E-state index in [1.165, 1.54) is 0 Å². The van der Waals surface area contributed by atoms with Crippen LogP contribution in [0, 0.1) is 0 Å². The van der Waals surface area contributed by atoms with Gasteiger partial charge in [0.15, 0.2) is 0 Å². The molecule has 0 aliphatic carbocycles. The van der Waals surface area contributed by atoms with Crippen LogP contribution in [0.5, 0.6) is 5.75 Å². The van der Waals surface area contributed by atoms with E-state index >= 15 is 0 Å². The van der Waals surface area contributed by atoms with Gasteiger partial charge in [0, 0.05) is 5.39 Å². The summed E-state index contributed by atoms with van der Waals surface area (Å²) in [4.78, 5) is 39.8. The third-order valence-corrected chi connectivity index (χ3v) is 5.38. The molecular weight excluding hydrogens is 406 g/mol. The van der Waals surface area contributed by atoms with Gasteiger partial charge in [-0.3, -0.25) is 14.4 Å². The van der Waals surface area contributed by atoms with Crippen molar-refractivity contribution in [1.82, 2.24) is 0 Å². The maximum Gasteiger partial charge on any atom is 0.310 e. The molecule has 0 N–H and O–H groups in total. The molecule has 6 nitrogen and oxygen atoms in total. The van der Waals surface area contributed by atoms with E-state index in [1.807, 2.05) is 31.2 Å². The molecule has 32 heavy (non-hydrogen) atoms. The minimum Gasteiger partial charge on any atom is -0.492 e. The summed E-state index contributed by atoms with van der Waals surface area (Å²) >= 11 is 0. The molecule has 1 aliphatic rings. The van der Waals surface area contributed by atoms with E-state index < -0.39 is 11.8 Å². The van der Waals surface area contributed by atoms with Crippen LogP contribution in [-0.4, -0.2) is 31.0 Å². The highest BCUT2D eigenvalue weighted by atomic mass is 16.5. The van der Waals surface area contributed by atoms with Gasteiger partial charge >= 0.3 is 5.97 Å².